The summed E-state index contributed by atoms with van der Waals surface area (Å²) in [4.78, 5) is 27.1. The first-order chi connectivity index (χ1) is 16.6. The van der Waals surface area contributed by atoms with Gasteiger partial charge in [0.2, 0.25) is 5.91 Å². The summed E-state index contributed by atoms with van der Waals surface area (Å²) in [6.45, 7) is 9.03. The van der Waals surface area contributed by atoms with E-state index >= 15 is 0 Å². The molecule has 2 unspecified atom stereocenters. The third-order valence-corrected chi connectivity index (χ3v) is 8.35. The van der Waals surface area contributed by atoms with Crippen LogP contribution in [0, 0.1) is 0 Å². The highest BCUT2D eigenvalue weighted by Crippen LogP contribution is 2.43. The van der Waals surface area contributed by atoms with E-state index in [1.54, 1.807) is 12.4 Å². The van der Waals surface area contributed by atoms with E-state index < -0.39 is 6.10 Å². The van der Waals surface area contributed by atoms with Crippen LogP contribution in [0.3, 0.4) is 0 Å². The molecule has 188 valence electrons. The molecule has 2 aliphatic heterocycles. The number of aromatic nitrogens is 2. The number of nitrogens with one attached hydrogen (secondary N) is 1. The fourth-order valence-electron chi connectivity index (χ4n) is 5.98. The molecule has 2 aromatic rings. The number of halogens is 2. The fraction of sp³-hybridized carbons (Fsp3) is 0.577. The van der Waals surface area contributed by atoms with Crippen LogP contribution < -0.4 is 10.2 Å². The molecule has 3 heterocycles. The molecule has 2 fully saturated rings. The second kappa shape index (κ2) is 9.51. The van der Waals surface area contributed by atoms with Gasteiger partial charge in [0.05, 0.1) is 17.7 Å². The molecule has 2 saturated heterocycles. The van der Waals surface area contributed by atoms with Crippen LogP contribution in [0.5, 0.6) is 0 Å². The molecule has 0 radical (unpaired) electrons. The summed E-state index contributed by atoms with van der Waals surface area (Å²) in [6, 6.07) is 5.45. The van der Waals surface area contributed by atoms with Crippen molar-refractivity contribution in [1.82, 2.24) is 20.2 Å². The van der Waals surface area contributed by atoms with E-state index in [-0.39, 0.29) is 29.3 Å². The number of nitrogens with zero attached hydrogens (tertiary/aromatic N) is 4. The van der Waals surface area contributed by atoms with Gasteiger partial charge >= 0.3 is 0 Å². The molecule has 1 aliphatic carbocycles. The Morgan fingerprint density at radius 1 is 1.20 bits per heavy atom. The molecule has 35 heavy (non-hydrogen) atoms. The van der Waals surface area contributed by atoms with Gasteiger partial charge in [-0.25, -0.2) is 9.97 Å². The first-order valence-electron chi connectivity index (χ1n) is 12.4. The van der Waals surface area contributed by atoms with E-state index in [0.717, 1.165) is 35.5 Å². The van der Waals surface area contributed by atoms with Gasteiger partial charge in [0.1, 0.15) is 12.1 Å². The lowest BCUT2D eigenvalue weighted by Crippen LogP contribution is -2.53. The number of aliphatic hydroxyl groups is 1. The van der Waals surface area contributed by atoms with Crippen molar-refractivity contribution in [3.05, 3.63) is 51.4 Å². The Bertz CT molecular complexity index is 1120. The number of carbonyl (C=O) groups is 1. The van der Waals surface area contributed by atoms with E-state index in [2.05, 4.69) is 41.0 Å². The van der Waals surface area contributed by atoms with Crippen LogP contribution in [-0.4, -0.2) is 63.6 Å². The predicted octanol–water partition coefficient (Wildman–Crippen LogP) is 4.29. The summed E-state index contributed by atoms with van der Waals surface area (Å²) >= 11 is 12.8. The Kier molecular flexibility index (Phi) is 6.72. The summed E-state index contributed by atoms with van der Waals surface area (Å²) in [5, 5.41) is 15.1. The van der Waals surface area contributed by atoms with Crippen molar-refractivity contribution in [3.8, 4) is 0 Å². The number of aliphatic hydroxyl groups excluding tert-OH is 1. The molecule has 0 bridgehead atoms. The summed E-state index contributed by atoms with van der Waals surface area (Å²) in [6.07, 6.45) is 3.60. The largest absolute Gasteiger partial charge is 0.387 e. The average Bonchev–Trinajstić information content (AvgIpc) is 3.33. The molecule has 5 rings (SSSR count). The minimum absolute atomic E-state index is 0.0154. The Morgan fingerprint density at radius 3 is 2.60 bits per heavy atom. The highest BCUT2D eigenvalue weighted by molar-refractivity contribution is 6.35. The highest BCUT2D eigenvalue weighted by atomic mass is 35.5. The van der Waals surface area contributed by atoms with Crippen molar-refractivity contribution in [2.45, 2.75) is 69.6 Å². The average molecular weight is 518 g/mol. The van der Waals surface area contributed by atoms with Gasteiger partial charge in [0.25, 0.3) is 0 Å². The van der Waals surface area contributed by atoms with Crippen LogP contribution >= 0.6 is 23.2 Å². The molecule has 1 amide bonds. The van der Waals surface area contributed by atoms with Gasteiger partial charge in [-0.05, 0) is 56.7 Å². The van der Waals surface area contributed by atoms with Crippen LogP contribution in [0.2, 0.25) is 10.0 Å². The number of rotatable bonds is 4. The van der Waals surface area contributed by atoms with Crippen molar-refractivity contribution in [3.63, 3.8) is 0 Å². The van der Waals surface area contributed by atoms with Gasteiger partial charge in [-0.3, -0.25) is 4.79 Å². The van der Waals surface area contributed by atoms with Gasteiger partial charge in [-0.1, -0.05) is 36.2 Å². The molecule has 7 nitrogen and oxygen atoms in total. The summed E-state index contributed by atoms with van der Waals surface area (Å²) < 4.78 is 0. The molecule has 4 atom stereocenters. The number of carbonyl (C=O) groups excluding carboxylic acids is 1. The second-order valence-electron chi connectivity index (χ2n) is 10.8. The lowest BCUT2D eigenvalue weighted by molar-refractivity contribution is -0.133. The maximum absolute atomic E-state index is 14.0. The Morgan fingerprint density at radius 2 is 1.94 bits per heavy atom. The van der Waals surface area contributed by atoms with E-state index in [1.807, 2.05) is 17.0 Å². The Labute approximate surface area is 216 Å². The first kappa shape index (κ1) is 24.8. The van der Waals surface area contributed by atoms with Crippen molar-refractivity contribution >= 4 is 34.9 Å². The zero-order valence-corrected chi connectivity index (χ0v) is 22.0. The first-order valence-corrected chi connectivity index (χ1v) is 13.2. The molecule has 1 aromatic heterocycles. The minimum Gasteiger partial charge on any atom is -0.387 e. The molecule has 0 spiro atoms. The van der Waals surface area contributed by atoms with E-state index in [0.29, 0.717) is 42.6 Å². The monoisotopic (exact) mass is 517 g/mol. The molecule has 0 saturated carbocycles. The van der Waals surface area contributed by atoms with Crippen LogP contribution in [0.15, 0.2) is 24.5 Å². The minimum atomic E-state index is -0.530. The smallest absolute Gasteiger partial charge is 0.231 e. The quantitative estimate of drug-likeness (QED) is 0.629. The van der Waals surface area contributed by atoms with Crippen molar-refractivity contribution in [2.75, 3.05) is 31.1 Å². The number of hydrogen-bond acceptors (Lipinski definition) is 6. The maximum atomic E-state index is 14.0. The van der Waals surface area contributed by atoms with Crippen LogP contribution in [0.25, 0.3) is 0 Å². The number of fused-ring (bicyclic) bond motifs is 1. The summed E-state index contributed by atoms with van der Waals surface area (Å²) in [5.74, 6) is 0.832. The van der Waals surface area contributed by atoms with E-state index in [1.165, 1.54) is 0 Å². The van der Waals surface area contributed by atoms with E-state index in [9.17, 15) is 9.90 Å². The zero-order chi connectivity index (χ0) is 24.9. The Balaban J connectivity index is 1.36. The molecule has 3 aliphatic rings. The number of anilines is 1. The lowest BCUT2D eigenvalue weighted by atomic mass is 9.88. The van der Waals surface area contributed by atoms with Gasteiger partial charge in [-0.2, -0.15) is 0 Å². The van der Waals surface area contributed by atoms with Gasteiger partial charge in [0, 0.05) is 53.4 Å². The van der Waals surface area contributed by atoms with Gasteiger partial charge < -0.3 is 20.2 Å². The molecule has 9 heteroatoms. The third-order valence-electron chi connectivity index (χ3n) is 7.79. The standard InChI is InChI=1S/C26H33Cl2N5O2/c1-15-12-20(34)23-21(15)24(30-14-29-23)32-8-10-33(11-9-32)25(35)22(19-6-7-26(2,3)31-19)17-5-4-16(27)13-18(17)28/h4-5,13-15,19-20,22,31,34H,6-12H2,1-3H3/t15-,19?,20-,22?/m1/s1. The lowest BCUT2D eigenvalue weighted by Gasteiger charge is -2.39. The van der Waals surface area contributed by atoms with Crippen molar-refractivity contribution in [2.24, 2.45) is 0 Å². The van der Waals surface area contributed by atoms with Gasteiger partial charge in [-0.15, -0.1) is 0 Å². The number of piperazine rings is 1. The van der Waals surface area contributed by atoms with Crippen molar-refractivity contribution in [1.29, 1.82) is 0 Å². The molecule has 1 aromatic carbocycles. The second-order valence-corrected chi connectivity index (χ2v) is 11.6. The van der Waals surface area contributed by atoms with Crippen LogP contribution in [0.1, 0.15) is 74.8 Å². The zero-order valence-electron chi connectivity index (χ0n) is 20.5. The molecular weight excluding hydrogens is 485 g/mol. The summed E-state index contributed by atoms with van der Waals surface area (Å²) in [5.41, 5.74) is 2.60. The van der Waals surface area contributed by atoms with Crippen LogP contribution in [-0.2, 0) is 4.79 Å². The SMILES string of the molecule is C[C@@H]1C[C@@H](O)c2ncnc(N3CCN(C(=O)C(c4ccc(Cl)cc4Cl)C4CCC(C)(C)N4)CC3)c21. The molecular formula is C26H33Cl2N5O2. The normalized spacial score (nSPS) is 26.6. The number of hydrogen-bond donors (Lipinski definition) is 2. The van der Waals surface area contributed by atoms with Crippen molar-refractivity contribution < 1.29 is 9.90 Å². The maximum Gasteiger partial charge on any atom is 0.231 e. The highest BCUT2D eigenvalue weighted by Gasteiger charge is 2.42. The Hall–Kier alpha value is -1.93. The predicted molar refractivity (Wildman–Crippen MR) is 138 cm³/mol. The van der Waals surface area contributed by atoms with Gasteiger partial charge in [0.15, 0.2) is 0 Å². The fourth-order valence-corrected chi connectivity index (χ4v) is 6.50. The molecule has 2 N–H and O–H groups in total. The number of benzene rings is 1. The van der Waals surface area contributed by atoms with E-state index in [4.69, 9.17) is 23.2 Å². The third kappa shape index (κ3) is 4.76. The number of amides is 1. The van der Waals surface area contributed by atoms with Crippen LogP contribution in [0.4, 0.5) is 5.82 Å². The summed E-state index contributed by atoms with van der Waals surface area (Å²) in [7, 11) is 0. The topological polar surface area (TPSA) is 81.6 Å².